The van der Waals surface area contributed by atoms with Crippen LogP contribution in [0.25, 0.3) is 5.57 Å². The van der Waals surface area contributed by atoms with Crippen molar-refractivity contribution in [2.75, 3.05) is 18.5 Å². The Bertz CT molecular complexity index is 1230. The minimum absolute atomic E-state index is 0.0382. The number of rotatable bonds is 5. The van der Waals surface area contributed by atoms with E-state index in [0.29, 0.717) is 0 Å². The molecule has 0 spiro atoms. The lowest BCUT2D eigenvalue weighted by Crippen LogP contribution is -2.25. The van der Waals surface area contributed by atoms with E-state index in [1.165, 1.54) is 41.5 Å². The van der Waals surface area contributed by atoms with Gasteiger partial charge in [0.25, 0.3) is 5.90 Å². The predicted molar refractivity (Wildman–Crippen MR) is 147 cm³/mol. The Balaban J connectivity index is 0.00000148. The molecule has 4 nitrogen and oxygen atoms in total. The van der Waals surface area contributed by atoms with E-state index in [1.807, 2.05) is 45.0 Å². The van der Waals surface area contributed by atoms with Gasteiger partial charge in [0.15, 0.2) is 0 Å². The molecule has 0 radical (unpaired) electrons. The summed E-state index contributed by atoms with van der Waals surface area (Å²) in [5.41, 5.74) is 8.58. The zero-order chi connectivity index (χ0) is 25.5. The average molecular weight is 487 g/mol. The molecule has 36 heavy (non-hydrogen) atoms. The normalized spacial score (nSPS) is 17.0. The third kappa shape index (κ3) is 5.30. The van der Waals surface area contributed by atoms with E-state index in [-0.39, 0.29) is 12.0 Å². The van der Waals surface area contributed by atoms with Crippen molar-refractivity contribution in [2.24, 2.45) is 4.99 Å². The van der Waals surface area contributed by atoms with E-state index in [1.54, 1.807) is 6.08 Å². The lowest BCUT2D eigenvalue weighted by atomic mass is 9.99. The van der Waals surface area contributed by atoms with Crippen LogP contribution < -0.4 is 9.64 Å². The minimum atomic E-state index is -0.0486. The van der Waals surface area contributed by atoms with Crippen molar-refractivity contribution >= 4 is 22.8 Å². The van der Waals surface area contributed by atoms with Gasteiger partial charge in [-0.25, -0.2) is 0 Å². The van der Waals surface area contributed by atoms with E-state index in [4.69, 9.17) is 4.74 Å². The molecule has 0 N–H and O–H groups in total. The minimum Gasteiger partial charge on any atom is -0.486 e. The third-order valence-electron chi connectivity index (χ3n) is 6.82. The van der Waals surface area contributed by atoms with Gasteiger partial charge in [0.1, 0.15) is 11.9 Å². The summed E-state index contributed by atoms with van der Waals surface area (Å²) in [6.45, 7) is 6.94. The van der Waals surface area contributed by atoms with E-state index in [9.17, 15) is 4.53 Å². The van der Waals surface area contributed by atoms with Crippen LogP contribution in [-0.2, 0) is 17.8 Å². The fourth-order valence-electron chi connectivity index (χ4n) is 5.11. The Kier molecular flexibility index (Phi) is 8.42. The number of benzene rings is 3. The molecule has 1 atom stereocenters. The van der Waals surface area contributed by atoms with E-state index in [0.717, 1.165) is 42.7 Å². The molecule has 5 rings (SSSR count). The quantitative estimate of drug-likeness (QED) is 0.269. The number of allylic oxidation sites excluding steroid dienone is 1. The Labute approximate surface area is 214 Å². The monoisotopic (exact) mass is 486 g/mol. The summed E-state index contributed by atoms with van der Waals surface area (Å²) in [6, 6.07) is 23.3. The second-order valence-corrected chi connectivity index (χ2v) is 8.86. The number of aryl methyl sites for hydroxylation is 1. The third-order valence-corrected chi connectivity index (χ3v) is 6.82. The standard InChI is InChI=1S/C29H29FN2O2.C2H6/c1-20(19-29(31-2)34-30)21-12-14-23(15-13-21)33-28-17-16-24-25(28)9-5-11-27(24)32-18-6-8-22-7-3-4-10-26(22)32;1-2/h3-5,7,9-15,19,28H,6,8,16-18H2,1-2H3;1-2H3/b20-19+,31-29?;. The van der Waals surface area contributed by atoms with Crippen molar-refractivity contribution in [1.82, 2.24) is 0 Å². The molecule has 1 aliphatic carbocycles. The van der Waals surface area contributed by atoms with Gasteiger partial charge in [-0.05, 0) is 84.7 Å². The molecule has 0 fully saturated rings. The number of ether oxygens (including phenoxy) is 1. The fraction of sp³-hybridized carbons (Fsp3) is 0.323. The van der Waals surface area contributed by atoms with E-state index in [2.05, 4.69) is 57.3 Å². The van der Waals surface area contributed by atoms with Crippen LogP contribution >= 0.6 is 0 Å². The van der Waals surface area contributed by atoms with Crippen LogP contribution in [0.15, 0.2) is 77.8 Å². The van der Waals surface area contributed by atoms with Crippen molar-refractivity contribution in [3.63, 3.8) is 0 Å². The van der Waals surface area contributed by atoms with Crippen LogP contribution in [0.4, 0.5) is 15.9 Å². The highest BCUT2D eigenvalue weighted by atomic mass is 19.3. The predicted octanol–water partition coefficient (Wildman–Crippen LogP) is 8.20. The zero-order valence-electron chi connectivity index (χ0n) is 21.6. The zero-order valence-corrected chi connectivity index (χ0v) is 21.6. The van der Waals surface area contributed by atoms with Crippen LogP contribution in [0, 0.1) is 0 Å². The highest BCUT2D eigenvalue weighted by molar-refractivity contribution is 5.94. The molecular weight excluding hydrogens is 451 g/mol. The second-order valence-electron chi connectivity index (χ2n) is 8.86. The van der Waals surface area contributed by atoms with Gasteiger partial charge in [-0.15, -0.1) is 0 Å². The summed E-state index contributed by atoms with van der Waals surface area (Å²) < 4.78 is 18.9. The summed E-state index contributed by atoms with van der Waals surface area (Å²) >= 11 is 0. The molecular formula is C31H35FN2O2. The van der Waals surface area contributed by atoms with Crippen molar-refractivity contribution < 1.29 is 14.2 Å². The van der Waals surface area contributed by atoms with Gasteiger partial charge in [0, 0.05) is 35.6 Å². The highest BCUT2D eigenvalue weighted by Gasteiger charge is 2.29. The first-order valence-corrected chi connectivity index (χ1v) is 12.9. The summed E-state index contributed by atoms with van der Waals surface area (Å²) in [5, 5.41) is 0. The number of fused-ring (bicyclic) bond motifs is 2. The van der Waals surface area contributed by atoms with E-state index >= 15 is 0 Å². The molecule has 3 aromatic carbocycles. The number of hydrogen-bond acceptors (Lipinski definition) is 4. The number of anilines is 2. The second kappa shape index (κ2) is 11.9. The first-order chi connectivity index (χ1) is 17.7. The first-order valence-electron chi connectivity index (χ1n) is 12.9. The number of aliphatic imine (C=N–C) groups is 1. The maximum absolute atomic E-state index is 12.5. The van der Waals surface area contributed by atoms with Crippen LogP contribution in [0.2, 0.25) is 0 Å². The molecule has 2 aliphatic rings. The lowest BCUT2D eigenvalue weighted by Gasteiger charge is -2.33. The van der Waals surface area contributed by atoms with Crippen molar-refractivity contribution in [3.8, 4) is 5.75 Å². The highest BCUT2D eigenvalue weighted by Crippen LogP contribution is 2.43. The number of halogens is 1. The van der Waals surface area contributed by atoms with Crippen LogP contribution in [0.1, 0.15) is 62.0 Å². The Morgan fingerprint density at radius 2 is 1.72 bits per heavy atom. The van der Waals surface area contributed by atoms with Gasteiger partial charge in [0.05, 0.1) is 0 Å². The van der Waals surface area contributed by atoms with Gasteiger partial charge < -0.3 is 9.64 Å². The molecule has 188 valence electrons. The van der Waals surface area contributed by atoms with Crippen LogP contribution in [0.3, 0.4) is 0 Å². The smallest absolute Gasteiger partial charge is 0.258 e. The molecule has 0 aromatic heterocycles. The molecule has 0 saturated heterocycles. The van der Waals surface area contributed by atoms with Crippen molar-refractivity contribution in [1.29, 1.82) is 0 Å². The maximum atomic E-state index is 12.5. The molecule has 0 bridgehead atoms. The first kappa shape index (κ1) is 25.5. The summed E-state index contributed by atoms with van der Waals surface area (Å²) in [5.74, 6) is 0.779. The largest absolute Gasteiger partial charge is 0.486 e. The Morgan fingerprint density at radius 1 is 0.972 bits per heavy atom. The fourth-order valence-corrected chi connectivity index (χ4v) is 5.11. The lowest BCUT2D eigenvalue weighted by molar-refractivity contribution is -0.0220. The Morgan fingerprint density at radius 3 is 2.47 bits per heavy atom. The molecule has 3 aromatic rings. The molecule has 1 unspecified atom stereocenters. The van der Waals surface area contributed by atoms with Crippen molar-refractivity contribution in [3.05, 3.63) is 95.1 Å². The number of hydrogen-bond donors (Lipinski definition) is 0. The molecule has 1 heterocycles. The summed E-state index contributed by atoms with van der Waals surface area (Å²) in [6.07, 6.45) is 5.90. The summed E-state index contributed by atoms with van der Waals surface area (Å²) in [4.78, 5) is 9.99. The topological polar surface area (TPSA) is 34.1 Å². The summed E-state index contributed by atoms with van der Waals surface area (Å²) in [7, 11) is 1.49. The SMILES string of the molecule is CC.CN=C(/C=C(\C)c1ccc(OC2CCc3c2cccc3N2CCCc3ccccc32)cc1)OF. The van der Waals surface area contributed by atoms with E-state index < -0.39 is 0 Å². The molecule has 5 heteroatoms. The molecule has 1 aliphatic heterocycles. The van der Waals surface area contributed by atoms with Gasteiger partial charge >= 0.3 is 0 Å². The van der Waals surface area contributed by atoms with Gasteiger partial charge in [-0.3, -0.25) is 9.93 Å². The van der Waals surface area contributed by atoms with Crippen LogP contribution in [-0.4, -0.2) is 19.5 Å². The number of para-hydroxylation sites is 1. The van der Waals surface area contributed by atoms with Gasteiger partial charge in [0.2, 0.25) is 0 Å². The van der Waals surface area contributed by atoms with Gasteiger partial charge in [-0.1, -0.05) is 56.3 Å². The van der Waals surface area contributed by atoms with Gasteiger partial charge in [-0.2, -0.15) is 0 Å². The molecule has 0 amide bonds. The van der Waals surface area contributed by atoms with Crippen LogP contribution in [0.5, 0.6) is 5.75 Å². The van der Waals surface area contributed by atoms with Crippen molar-refractivity contribution in [2.45, 2.75) is 52.6 Å². The average Bonchev–Trinajstić information content (AvgIpc) is 3.35. The Hall–Kier alpha value is -3.60. The molecule has 0 saturated carbocycles. The maximum Gasteiger partial charge on any atom is 0.258 e. The number of nitrogens with zero attached hydrogens (tertiary/aromatic N) is 2.